The van der Waals surface area contributed by atoms with Crippen LogP contribution in [-0.4, -0.2) is 50.6 Å². The highest BCUT2D eigenvalue weighted by atomic mass is 16.1. The molecule has 4 heteroatoms. The predicted molar refractivity (Wildman–Crippen MR) is 63.9 cm³/mol. The molecule has 0 spiro atoms. The summed E-state index contributed by atoms with van der Waals surface area (Å²) in [4.78, 5) is 13.4. The molecule has 4 nitrogen and oxygen atoms in total. The number of carbonyl (C=O) groups is 1. The van der Waals surface area contributed by atoms with Crippen molar-refractivity contribution in [1.82, 2.24) is 15.5 Å². The molecule has 1 amide bonds. The standard InChI is InChI=1S/C11H25N3O/c1-10(2)13-9-11(15)12-7-5-6-8-14(3)4/h10,13H,5-9H2,1-4H3,(H,12,15). The molecular weight excluding hydrogens is 190 g/mol. The second-order valence-electron chi connectivity index (χ2n) is 4.40. The van der Waals surface area contributed by atoms with Crippen LogP contribution in [0.15, 0.2) is 0 Å². The summed E-state index contributed by atoms with van der Waals surface area (Å²) < 4.78 is 0. The minimum atomic E-state index is 0.0913. The smallest absolute Gasteiger partial charge is 0.233 e. The molecule has 0 saturated heterocycles. The lowest BCUT2D eigenvalue weighted by Gasteiger charge is -2.10. The van der Waals surface area contributed by atoms with Crippen LogP contribution in [0.2, 0.25) is 0 Å². The van der Waals surface area contributed by atoms with Crippen molar-refractivity contribution in [3.8, 4) is 0 Å². The summed E-state index contributed by atoms with van der Waals surface area (Å²) in [7, 11) is 4.12. The van der Waals surface area contributed by atoms with Gasteiger partial charge in [-0.25, -0.2) is 0 Å². The molecule has 0 aromatic carbocycles. The minimum Gasteiger partial charge on any atom is -0.355 e. The maximum atomic E-state index is 11.3. The number of unbranched alkanes of at least 4 members (excludes halogenated alkanes) is 1. The Morgan fingerprint density at radius 2 is 1.93 bits per heavy atom. The summed E-state index contributed by atoms with van der Waals surface area (Å²) in [6, 6.07) is 0.365. The van der Waals surface area contributed by atoms with Crippen molar-refractivity contribution in [2.24, 2.45) is 0 Å². The number of nitrogens with zero attached hydrogens (tertiary/aromatic N) is 1. The van der Waals surface area contributed by atoms with Crippen molar-refractivity contribution in [1.29, 1.82) is 0 Å². The first-order valence-corrected chi connectivity index (χ1v) is 5.67. The van der Waals surface area contributed by atoms with E-state index in [1.807, 2.05) is 13.8 Å². The van der Waals surface area contributed by atoms with Gasteiger partial charge in [-0.2, -0.15) is 0 Å². The normalized spacial score (nSPS) is 11.1. The van der Waals surface area contributed by atoms with Crippen LogP contribution in [0.5, 0.6) is 0 Å². The van der Waals surface area contributed by atoms with Gasteiger partial charge in [0.15, 0.2) is 0 Å². The van der Waals surface area contributed by atoms with Gasteiger partial charge in [0.1, 0.15) is 0 Å². The maximum absolute atomic E-state index is 11.3. The van der Waals surface area contributed by atoms with Gasteiger partial charge in [0.05, 0.1) is 6.54 Å². The lowest BCUT2D eigenvalue weighted by Crippen LogP contribution is -2.37. The molecule has 0 unspecified atom stereocenters. The Morgan fingerprint density at radius 1 is 1.27 bits per heavy atom. The Morgan fingerprint density at radius 3 is 2.47 bits per heavy atom. The fourth-order valence-electron chi connectivity index (χ4n) is 1.14. The maximum Gasteiger partial charge on any atom is 0.233 e. The Bertz CT molecular complexity index is 169. The van der Waals surface area contributed by atoms with E-state index in [0.29, 0.717) is 12.6 Å². The first-order chi connectivity index (χ1) is 7.02. The van der Waals surface area contributed by atoms with E-state index in [4.69, 9.17) is 0 Å². The summed E-state index contributed by atoms with van der Waals surface area (Å²) in [6.45, 7) is 6.35. The Balaban J connectivity index is 3.24. The van der Waals surface area contributed by atoms with Gasteiger partial charge >= 0.3 is 0 Å². The van der Waals surface area contributed by atoms with Gasteiger partial charge in [-0.3, -0.25) is 4.79 Å². The van der Waals surface area contributed by atoms with Gasteiger partial charge < -0.3 is 15.5 Å². The van der Waals surface area contributed by atoms with E-state index in [2.05, 4.69) is 29.6 Å². The highest BCUT2D eigenvalue weighted by molar-refractivity contribution is 5.77. The molecule has 0 rings (SSSR count). The Kier molecular flexibility index (Phi) is 8.33. The highest BCUT2D eigenvalue weighted by Crippen LogP contribution is 1.88. The second-order valence-corrected chi connectivity index (χ2v) is 4.40. The zero-order chi connectivity index (χ0) is 11.7. The second kappa shape index (κ2) is 8.68. The van der Waals surface area contributed by atoms with E-state index < -0.39 is 0 Å². The minimum absolute atomic E-state index is 0.0913. The van der Waals surface area contributed by atoms with Crippen LogP contribution in [0.3, 0.4) is 0 Å². The van der Waals surface area contributed by atoms with Crippen molar-refractivity contribution in [2.75, 3.05) is 33.7 Å². The predicted octanol–water partition coefficient (Wildman–Crippen LogP) is 0.442. The quantitative estimate of drug-likeness (QED) is 0.578. The molecule has 0 aromatic heterocycles. The van der Waals surface area contributed by atoms with Crippen LogP contribution in [0.1, 0.15) is 26.7 Å². The van der Waals surface area contributed by atoms with Crippen molar-refractivity contribution in [3.63, 3.8) is 0 Å². The molecule has 0 atom stereocenters. The number of hydrogen-bond acceptors (Lipinski definition) is 3. The average Bonchev–Trinajstić information content (AvgIpc) is 2.13. The molecule has 0 fully saturated rings. The monoisotopic (exact) mass is 215 g/mol. The largest absolute Gasteiger partial charge is 0.355 e. The first kappa shape index (κ1) is 14.4. The molecule has 90 valence electrons. The van der Waals surface area contributed by atoms with Gasteiger partial charge in [0.25, 0.3) is 0 Å². The van der Waals surface area contributed by atoms with Crippen molar-refractivity contribution in [2.45, 2.75) is 32.7 Å². The lowest BCUT2D eigenvalue weighted by atomic mass is 10.3. The van der Waals surface area contributed by atoms with E-state index in [1.54, 1.807) is 0 Å². The third-order valence-corrected chi connectivity index (χ3v) is 2.03. The fraction of sp³-hybridized carbons (Fsp3) is 0.909. The highest BCUT2D eigenvalue weighted by Gasteiger charge is 2.00. The molecule has 15 heavy (non-hydrogen) atoms. The van der Waals surface area contributed by atoms with Crippen LogP contribution < -0.4 is 10.6 Å². The van der Waals surface area contributed by atoms with Gasteiger partial charge in [-0.05, 0) is 33.5 Å². The van der Waals surface area contributed by atoms with Gasteiger partial charge in [0.2, 0.25) is 5.91 Å². The van der Waals surface area contributed by atoms with E-state index in [9.17, 15) is 4.79 Å². The van der Waals surface area contributed by atoms with Crippen molar-refractivity contribution in [3.05, 3.63) is 0 Å². The average molecular weight is 215 g/mol. The van der Waals surface area contributed by atoms with Gasteiger partial charge in [-0.1, -0.05) is 13.8 Å². The van der Waals surface area contributed by atoms with Gasteiger partial charge in [-0.15, -0.1) is 0 Å². The zero-order valence-electron chi connectivity index (χ0n) is 10.5. The van der Waals surface area contributed by atoms with Crippen LogP contribution in [0.25, 0.3) is 0 Å². The van der Waals surface area contributed by atoms with Crippen LogP contribution in [0.4, 0.5) is 0 Å². The molecule has 0 radical (unpaired) electrons. The van der Waals surface area contributed by atoms with E-state index in [-0.39, 0.29) is 5.91 Å². The third kappa shape index (κ3) is 11.3. The molecular formula is C11H25N3O. The molecule has 0 aromatic rings. The summed E-state index contributed by atoms with van der Waals surface area (Å²) in [5, 5.41) is 5.98. The number of carbonyl (C=O) groups excluding carboxylic acids is 1. The fourth-order valence-corrected chi connectivity index (χ4v) is 1.14. The van der Waals surface area contributed by atoms with Crippen LogP contribution >= 0.6 is 0 Å². The number of hydrogen-bond donors (Lipinski definition) is 2. The van der Waals surface area contributed by atoms with Crippen molar-refractivity contribution >= 4 is 5.91 Å². The summed E-state index contributed by atoms with van der Waals surface area (Å²) in [5.41, 5.74) is 0. The molecule has 2 N–H and O–H groups in total. The molecule has 0 aliphatic carbocycles. The Hall–Kier alpha value is -0.610. The molecule has 0 bridgehead atoms. The number of amides is 1. The van der Waals surface area contributed by atoms with E-state index in [0.717, 1.165) is 25.9 Å². The van der Waals surface area contributed by atoms with Crippen LogP contribution in [0, 0.1) is 0 Å². The topological polar surface area (TPSA) is 44.4 Å². The summed E-state index contributed by atoms with van der Waals surface area (Å²) >= 11 is 0. The Labute approximate surface area is 93.4 Å². The number of rotatable bonds is 8. The summed E-state index contributed by atoms with van der Waals surface area (Å²) in [6.07, 6.45) is 2.18. The lowest BCUT2D eigenvalue weighted by molar-refractivity contribution is -0.120. The summed E-state index contributed by atoms with van der Waals surface area (Å²) in [5.74, 6) is 0.0913. The zero-order valence-corrected chi connectivity index (χ0v) is 10.5. The van der Waals surface area contributed by atoms with Crippen molar-refractivity contribution < 1.29 is 4.79 Å². The third-order valence-electron chi connectivity index (χ3n) is 2.03. The molecule has 0 aliphatic rings. The van der Waals surface area contributed by atoms with E-state index in [1.165, 1.54) is 0 Å². The SMILES string of the molecule is CC(C)NCC(=O)NCCCCN(C)C. The van der Waals surface area contributed by atoms with Crippen LogP contribution in [-0.2, 0) is 4.79 Å². The molecule has 0 aliphatic heterocycles. The molecule has 0 saturated carbocycles. The van der Waals surface area contributed by atoms with E-state index >= 15 is 0 Å². The van der Waals surface area contributed by atoms with Gasteiger partial charge in [0, 0.05) is 12.6 Å². The number of nitrogens with one attached hydrogen (secondary N) is 2. The first-order valence-electron chi connectivity index (χ1n) is 5.67. The molecule has 0 heterocycles.